The number of halogens is 2. The molecular formula is C12H13Br2Zr. The maximum Gasteiger partial charge on any atom is 3.00 e. The van der Waals surface area contributed by atoms with Crippen molar-refractivity contribution in [3.05, 3.63) is 41.5 Å². The minimum Gasteiger partial charge on any atom is -1.00 e. The molecule has 15 heavy (non-hydrogen) atoms. The Labute approximate surface area is 132 Å². The Morgan fingerprint density at radius 1 is 1.13 bits per heavy atom. The molecule has 0 saturated carbocycles. The van der Waals surface area contributed by atoms with Crippen LogP contribution in [0.25, 0.3) is 6.08 Å². The first-order valence-electron chi connectivity index (χ1n) is 4.47. The molecule has 1 aliphatic carbocycles. The van der Waals surface area contributed by atoms with Crippen LogP contribution in [-0.4, -0.2) is 0 Å². The van der Waals surface area contributed by atoms with Crippen molar-refractivity contribution in [1.82, 2.24) is 0 Å². The molecule has 0 aromatic heterocycles. The molecule has 1 aromatic rings. The van der Waals surface area contributed by atoms with E-state index < -0.39 is 0 Å². The zero-order valence-electron chi connectivity index (χ0n) is 8.80. The van der Waals surface area contributed by atoms with E-state index in [1.54, 1.807) is 0 Å². The predicted molar refractivity (Wildman–Crippen MR) is 51.7 cm³/mol. The molecule has 3 heteroatoms. The summed E-state index contributed by atoms with van der Waals surface area (Å²) in [6, 6.07) is 8.55. The third-order valence-corrected chi connectivity index (χ3v) is 2.42. The molecular weight excluding hydrogens is 395 g/mol. The molecule has 0 aliphatic heterocycles. The summed E-state index contributed by atoms with van der Waals surface area (Å²) in [6.07, 6.45) is 5.51. The van der Waals surface area contributed by atoms with Gasteiger partial charge in [-0.2, -0.15) is 5.56 Å². The molecule has 0 fully saturated rings. The summed E-state index contributed by atoms with van der Waals surface area (Å²) in [6.45, 7) is 4.49. The van der Waals surface area contributed by atoms with E-state index in [2.05, 4.69) is 50.3 Å². The van der Waals surface area contributed by atoms with E-state index in [0.717, 1.165) is 0 Å². The molecule has 1 aromatic carbocycles. The summed E-state index contributed by atoms with van der Waals surface area (Å²) in [5.74, 6) is 1.17. The number of hydrogen-bond acceptors (Lipinski definition) is 0. The number of rotatable bonds is 1. The largest absolute Gasteiger partial charge is 3.00 e. The van der Waals surface area contributed by atoms with Crippen LogP contribution in [0, 0.1) is 12.0 Å². The Bertz CT molecular complexity index is 321. The van der Waals surface area contributed by atoms with Gasteiger partial charge in [-0.3, -0.25) is 6.08 Å². The fourth-order valence-corrected chi connectivity index (χ4v) is 1.75. The Morgan fingerprint density at radius 2 is 1.73 bits per heavy atom. The summed E-state index contributed by atoms with van der Waals surface area (Å²) in [5, 5.41) is 0. The number of allylic oxidation sites excluding steroid dienone is 1. The van der Waals surface area contributed by atoms with Crippen molar-refractivity contribution in [2.75, 3.05) is 0 Å². The average molecular weight is 408 g/mol. The second-order valence-corrected chi connectivity index (χ2v) is 3.66. The van der Waals surface area contributed by atoms with Gasteiger partial charge in [0, 0.05) is 0 Å². The van der Waals surface area contributed by atoms with Crippen molar-refractivity contribution in [2.45, 2.75) is 19.8 Å². The van der Waals surface area contributed by atoms with E-state index in [4.69, 9.17) is 0 Å². The summed E-state index contributed by atoms with van der Waals surface area (Å²) in [7, 11) is 0. The zero-order valence-corrected chi connectivity index (χ0v) is 14.4. The molecule has 79 valence electrons. The molecule has 0 spiro atoms. The smallest absolute Gasteiger partial charge is 1.00 e. The van der Waals surface area contributed by atoms with E-state index in [1.807, 2.05) is 0 Å². The van der Waals surface area contributed by atoms with Crippen LogP contribution in [0.4, 0.5) is 0 Å². The van der Waals surface area contributed by atoms with Crippen LogP contribution in [0.5, 0.6) is 0 Å². The van der Waals surface area contributed by atoms with Crippen LogP contribution in [0.2, 0.25) is 0 Å². The monoisotopic (exact) mass is 405 g/mol. The third-order valence-electron chi connectivity index (χ3n) is 2.42. The number of benzene rings is 1. The van der Waals surface area contributed by atoms with E-state index in [-0.39, 0.29) is 60.2 Å². The van der Waals surface area contributed by atoms with Gasteiger partial charge >= 0.3 is 26.2 Å². The van der Waals surface area contributed by atoms with Crippen molar-refractivity contribution in [1.29, 1.82) is 0 Å². The van der Waals surface area contributed by atoms with Gasteiger partial charge in [0.25, 0.3) is 0 Å². The first kappa shape index (κ1) is 18.2. The molecule has 0 N–H and O–H groups in total. The van der Waals surface area contributed by atoms with Gasteiger partial charge in [0.15, 0.2) is 0 Å². The molecule has 1 aliphatic rings. The van der Waals surface area contributed by atoms with Crippen molar-refractivity contribution < 1.29 is 60.2 Å². The van der Waals surface area contributed by atoms with Crippen molar-refractivity contribution in [2.24, 2.45) is 5.92 Å². The van der Waals surface area contributed by atoms with Gasteiger partial charge < -0.3 is 34.0 Å². The molecule has 0 saturated heterocycles. The normalized spacial score (nSPS) is 16.1. The van der Waals surface area contributed by atoms with Crippen LogP contribution in [0.1, 0.15) is 30.9 Å². The van der Waals surface area contributed by atoms with Gasteiger partial charge in [-0.1, -0.05) is 43.9 Å². The molecule has 0 heterocycles. The Balaban J connectivity index is 0. The second kappa shape index (κ2) is 7.98. The standard InChI is InChI=1S/C12H13.2BrH.Zr/c1-9(2)11-8-7-10-5-3-4-6-12(10)11;;;/h3-7,9,11H,1-2H3;2*1H;/q-1;;;+3/p-2. The maximum atomic E-state index is 3.40. The van der Waals surface area contributed by atoms with Gasteiger partial charge in [0.1, 0.15) is 0 Å². The Hall–Kier alpha value is 0.803. The molecule has 0 bridgehead atoms. The van der Waals surface area contributed by atoms with E-state index in [0.29, 0.717) is 11.8 Å². The quantitative estimate of drug-likeness (QED) is 0.443. The van der Waals surface area contributed by atoms with Crippen molar-refractivity contribution in [3.8, 4) is 0 Å². The summed E-state index contributed by atoms with van der Waals surface area (Å²) in [4.78, 5) is 0. The third kappa shape index (κ3) is 3.94. The fraction of sp³-hybridized carbons (Fsp3) is 0.333. The molecule has 1 atom stereocenters. The zero-order chi connectivity index (χ0) is 8.55. The van der Waals surface area contributed by atoms with Crippen LogP contribution < -0.4 is 34.0 Å². The summed E-state index contributed by atoms with van der Waals surface area (Å²) >= 11 is 0. The van der Waals surface area contributed by atoms with E-state index in [1.165, 1.54) is 11.1 Å². The van der Waals surface area contributed by atoms with Crippen LogP contribution in [0.3, 0.4) is 0 Å². The van der Waals surface area contributed by atoms with Crippen molar-refractivity contribution >= 4 is 6.08 Å². The van der Waals surface area contributed by atoms with Crippen molar-refractivity contribution in [3.63, 3.8) is 0 Å². The first-order chi connectivity index (χ1) is 5.79. The number of hydrogen-bond donors (Lipinski definition) is 0. The van der Waals surface area contributed by atoms with Gasteiger partial charge in [-0.15, -0.1) is 11.6 Å². The van der Waals surface area contributed by atoms with Gasteiger partial charge in [-0.05, 0) is 0 Å². The van der Waals surface area contributed by atoms with Crippen LogP contribution in [0.15, 0.2) is 24.3 Å². The van der Waals surface area contributed by atoms with Gasteiger partial charge in [0.2, 0.25) is 0 Å². The Morgan fingerprint density at radius 3 is 2.33 bits per heavy atom. The number of fused-ring (bicyclic) bond motifs is 1. The topological polar surface area (TPSA) is 0 Å². The second-order valence-electron chi connectivity index (χ2n) is 3.66. The SMILES string of the molecule is CC(C)C1[C-]=Cc2ccccc21.[Br-].[Br-].[Zr+3]. The van der Waals surface area contributed by atoms with Gasteiger partial charge in [-0.25, -0.2) is 6.08 Å². The fourth-order valence-electron chi connectivity index (χ4n) is 1.75. The van der Waals surface area contributed by atoms with E-state index in [9.17, 15) is 0 Å². The van der Waals surface area contributed by atoms with Gasteiger partial charge in [0.05, 0.1) is 0 Å². The summed E-state index contributed by atoms with van der Waals surface area (Å²) in [5.41, 5.74) is 2.78. The average Bonchev–Trinajstić information content (AvgIpc) is 2.47. The molecule has 0 nitrogen and oxygen atoms in total. The maximum absolute atomic E-state index is 3.40. The minimum absolute atomic E-state index is 0. The van der Waals surface area contributed by atoms with E-state index >= 15 is 0 Å². The molecule has 1 unspecified atom stereocenters. The molecule has 2 rings (SSSR count). The summed E-state index contributed by atoms with van der Waals surface area (Å²) < 4.78 is 0. The molecule has 0 amide bonds. The van der Waals surface area contributed by atoms with Crippen LogP contribution >= 0.6 is 0 Å². The molecule has 1 radical (unpaired) electrons. The first-order valence-corrected chi connectivity index (χ1v) is 4.47. The van der Waals surface area contributed by atoms with Crippen LogP contribution in [-0.2, 0) is 26.2 Å². The minimum atomic E-state index is 0. The predicted octanol–water partition coefficient (Wildman–Crippen LogP) is -2.74. The Kier molecular flexibility index (Phi) is 9.67.